The number of rotatable bonds is 7. The molecule has 100 valence electrons. The maximum absolute atomic E-state index is 5.79. The fourth-order valence-electron chi connectivity index (χ4n) is 2.14. The van der Waals surface area contributed by atoms with Crippen LogP contribution in [-0.2, 0) is 11.2 Å². The zero-order chi connectivity index (χ0) is 13.0. The number of aromatic nitrogens is 1. The van der Waals surface area contributed by atoms with Crippen molar-refractivity contribution in [1.82, 2.24) is 4.98 Å². The van der Waals surface area contributed by atoms with Crippen LogP contribution in [0.2, 0.25) is 0 Å². The molecule has 1 saturated carbocycles. The molecule has 1 fully saturated rings. The van der Waals surface area contributed by atoms with Crippen LogP contribution in [-0.4, -0.2) is 37.3 Å². The van der Waals surface area contributed by atoms with Gasteiger partial charge in [0, 0.05) is 31.9 Å². The summed E-state index contributed by atoms with van der Waals surface area (Å²) < 4.78 is 5.16. The Balaban J connectivity index is 2.01. The number of pyridine rings is 1. The highest BCUT2D eigenvalue weighted by molar-refractivity contribution is 5.42. The second-order valence-corrected chi connectivity index (χ2v) is 5.12. The smallest absolute Gasteiger partial charge is 0.128 e. The maximum atomic E-state index is 5.79. The average molecular weight is 249 g/mol. The van der Waals surface area contributed by atoms with Crippen LogP contribution in [0.25, 0.3) is 0 Å². The number of methoxy groups -OCH3 is 1. The molecule has 4 heteroatoms. The van der Waals surface area contributed by atoms with Gasteiger partial charge in [0.2, 0.25) is 0 Å². The van der Waals surface area contributed by atoms with Gasteiger partial charge in [-0.2, -0.15) is 0 Å². The molecule has 0 bridgehead atoms. The van der Waals surface area contributed by atoms with Crippen LogP contribution in [0.15, 0.2) is 18.3 Å². The van der Waals surface area contributed by atoms with Crippen molar-refractivity contribution in [2.24, 2.45) is 5.73 Å². The Labute approximate surface area is 109 Å². The monoisotopic (exact) mass is 249 g/mol. The van der Waals surface area contributed by atoms with E-state index in [1.54, 1.807) is 7.11 Å². The molecule has 1 aromatic heterocycles. The molecule has 2 N–H and O–H groups in total. The van der Waals surface area contributed by atoms with Gasteiger partial charge in [0.15, 0.2) is 0 Å². The summed E-state index contributed by atoms with van der Waals surface area (Å²) in [4.78, 5) is 6.91. The van der Waals surface area contributed by atoms with Gasteiger partial charge >= 0.3 is 0 Å². The lowest BCUT2D eigenvalue weighted by Crippen LogP contribution is -2.30. The second-order valence-electron chi connectivity index (χ2n) is 5.12. The van der Waals surface area contributed by atoms with E-state index in [1.165, 1.54) is 18.4 Å². The summed E-state index contributed by atoms with van der Waals surface area (Å²) >= 11 is 0. The van der Waals surface area contributed by atoms with Gasteiger partial charge in [0.25, 0.3) is 0 Å². The lowest BCUT2D eigenvalue weighted by Gasteiger charge is -2.23. The Kier molecular flexibility index (Phi) is 4.55. The fourth-order valence-corrected chi connectivity index (χ4v) is 2.14. The minimum atomic E-state index is 0.186. The molecule has 0 spiro atoms. The minimum Gasteiger partial charge on any atom is -0.383 e. The Morgan fingerprint density at radius 1 is 1.50 bits per heavy atom. The number of nitrogens with zero attached hydrogens (tertiary/aromatic N) is 2. The Morgan fingerprint density at radius 3 is 2.78 bits per heavy atom. The average Bonchev–Trinajstić information content (AvgIpc) is 3.15. The van der Waals surface area contributed by atoms with Crippen molar-refractivity contribution in [1.29, 1.82) is 0 Å². The van der Waals surface area contributed by atoms with E-state index in [0.717, 1.165) is 25.4 Å². The highest BCUT2D eigenvalue weighted by Crippen LogP contribution is 2.30. The summed E-state index contributed by atoms with van der Waals surface area (Å²) in [7, 11) is 1.74. The fraction of sp³-hybridized carbons (Fsp3) is 0.643. The Morgan fingerprint density at radius 2 is 2.28 bits per heavy atom. The van der Waals surface area contributed by atoms with Gasteiger partial charge in [-0.15, -0.1) is 0 Å². The van der Waals surface area contributed by atoms with E-state index in [-0.39, 0.29) is 6.04 Å². The lowest BCUT2D eigenvalue weighted by atomic mass is 10.1. The third kappa shape index (κ3) is 3.68. The molecule has 1 unspecified atom stereocenters. The van der Waals surface area contributed by atoms with E-state index in [2.05, 4.69) is 22.0 Å². The van der Waals surface area contributed by atoms with Crippen LogP contribution in [0, 0.1) is 0 Å². The summed E-state index contributed by atoms with van der Waals surface area (Å²) in [6.45, 7) is 3.68. The number of hydrogen-bond acceptors (Lipinski definition) is 4. The minimum absolute atomic E-state index is 0.186. The number of nitrogens with two attached hydrogens (primary N) is 1. The van der Waals surface area contributed by atoms with Crippen LogP contribution < -0.4 is 10.6 Å². The number of ether oxygens (including phenoxy) is 1. The van der Waals surface area contributed by atoms with Gasteiger partial charge in [-0.25, -0.2) is 4.98 Å². The molecule has 0 aliphatic heterocycles. The molecular formula is C14H23N3O. The molecule has 1 heterocycles. The summed E-state index contributed by atoms with van der Waals surface area (Å²) in [5.74, 6) is 1.06. The first kappa shape index (κ1) is 13.3. The molecule has 1 aliphatic rings. The zero-order valence-electron chi connectivity index (χ0n) is 11.3. The largest absolute Gasteiger partial charge is 0.383 e. The van der Waals surface area contributed by atoms with Crippen molar-refractivity contribution in [2.45, 2.75) is 38.3 Å². The van der Waals surface area contributed by atoms with Gasteiger partial charge in [-0.05, 0) is 37.8 Å². The van der Waals surface area contributed by atoms with E-state index in [4.69, 9.17) is 10.5 Å². The third-order valence-corrected chi connectivity index (χ3v) is 3.19. The van der Waals surface area contributed by atoms with Crippen LogP contribution in [0.1, 0.15) is 25.3 Å². The van der Waals surface area contributed by atoms with Crippen molar-refractivity contribution in [3.63, 3.8) is 0 Å². The molecule has 0 radical (unpaired) electrons. The predicted octanol–water partition coefficient (Wildman–Crippen LogP) is 1.59. The van der Waals surface area contributed by atoms with E-state index < -0.39 is 0 Å². The molecule has 0 aromatic carbocycles. The van der Waals surface area contributed by atoms with Crippen molar-refractivity contribution in [3.05, 3.63) is 23.9 Å². The van der Waals surface area contributed by atoms with Gasteiger partial charge in [0.05, 0.1) is 6.61 Å². The van der Waals surface area contributed by atoms with Crippen LogP contribution in [0.3, 0.4) is 0 Å². The highest BCUT2D eigenvalue weighted by Gasteiger charge is 2.29. The summed E-state index contributed by atoms with van der Waals surface area (Å²) in [6, 6.07) is 5.08. The lowest BCUT2D eigenvalue weighted by molar-refractivity contribution is 0.204. The van der Waals surface area contributed by atoms with Crippen LogP contribution >= 0.6 is 0 Å². The van der Waals surface area contributed by atoms with E-state index in [0.29, 0.717) is 6.04 Å². The summed E-state index contributed by atoms with van der Waals surface area (Å²) in [5.41, 5.74) is 7.00. The molecule has 18 heavy (non-hydrogen) atoms. The zero-order valence-corrected chi connectivity index (χ0v) is 11.3. The first-order valence-corrected chi connectivity index (χ1v) is 6.67. The SMILES string of the molecule is COCCN(c1ccc(CC(C)N)cn1)C1CC1. The third-order valence-electron chi connectivity index (χ3n) is 3.19. The Bertz CT molecular complexity index is 360. The molecule has 1 aromatic rings. The first-order valence-electron chi connectivity index (χ1n) is 6.67. The van der Waals surface area contributed by atoms with Crippen LogP contribution in [0.5, 0.6) is 0 Å². The molecule has 0 amide bonds. The molecule has 2 rings (SSSR count). The molecule has 1 aliphatic carbocycles. The predicted molar refractivity (Wildman–Crippen MR) is 73.8 cm³/mol. The normalized spacial score (nSPS) is 16.6. The quantitative estimate of drug-likeness (QED) is 0.797. The first-order chi connectivity index (χ1) is 8.70. The maximum Gasteiger partial charge on any atom is 0.128 e. The molecule has 0 saturated heterocycles. The molecular weight excluding hydrogens is 226 g/mol. The van der Waals surface area contributed by atoms with Gasteiger partial charge in [-0.3, -0.25) is 0 Å². The second kappa shape index (κ2) is 6.16. The standard InChI is InChI=1S/C14H23N3O/c1-11(15)9-12-3-6-14(16-10-12)17(7-8-18-2)13-4-5-13/h3,6,10-11,13H,4-5,7-9,15H2,1-2H3. The number of anilines is 1. The van der Waals surface area contributed by atoms with Crippen LogP contribution in [0.4, 0.5) is 5.82 Å². The summed E-state index contributed by atoms with van der Waals surface area (Å²) in [5, 5.41) is 0. The van der Waals surface area contributed by atoms with E-state index >= 15 is 0 Å². The molecule has 1 atom stereocenters. The van der Waals surface area contributed by atoms with Gasteiger partial charge < -0.3 is 15.4 Å². The highest BCUT2D eigenvalue weighted by atomic mass is 16.5. The van der Waals surface area contributed by atoms with Gasteiger partial charge in [0.1, 0.15) is 5.82 Å². The Hall–Kier alpha value is -1.13. The van der Waals surface area contributed by atoms with Crippen molar-refractivity contribution < 1.29 is 4.74 Å². The topological polar surface area (TPSA) is 51.4 Å². The molecule has 4 nitrogen and oxygen atoms in total. The van der Waals surface area contributed by atoms with Crippen molar-refractivity contribution in [3.8, 4) is 0 Å². The number of hydrogen-bond donors (Lipinski definition) is 1. The van der Waals surface area contributed by atoms with Crippen molar-refractivity contribution in [2.75, 3.05) is 25.2 Å². The van der Waals surface area contributed by atoms with E-state index in [9.17, 15) is 0 Å². The van der Waals surface area contributed by atoms with Crippen molar-refractivity contribution >= 4 is 5.82 Å². The van der Waals surface area contributed by atoms with E-state index in [1.807, 2.05) is 13.1 Å². The summed E-state index contributed by atoms with van der Waals surface area (Å²) in [6.07, 6.45) is 5.37. The van der Waals surface area contributed by atoms with Gasteiger partial charge in [-0.1, -0.05) is 6.07 Å².